The normalized spacial score (nSPS) is 12.1. The highest BCUT2D eigenvalue weighted by atomic mass is 16.3. The molecule has 2 N–H and O–H groups in total. The second-order valence-corrected chi connectivity index (χ2v) is 4.48. The topological polar surface area (TPSA) is 80.0 Å². The van der Waals surface area contributed by atoms with E-state index >= 15 is 0 Å². The molecule has 0 aliphatic rings. The summed E-state index contributed by atoms with van der Waals surface area (Å²) in [6.07, 6.45) is 4.42. The molecule has 1 heterocycles. The van der Waals surface area contributed by atoms with Gasteiger partial charge in [-0.15, -0.1) is 0 Å². The van der Waals surface area contributed by atoms with Gasteiger partial charge in [-0.05, 0) is 37.1 Å². The van der Waals surface area contributed by atoms with Gasteiger partial charge in [0.25, 0.3) is 5.91 Å². The number of nitrogens with one attached hydrogen (secondary N) is 1. The van der Waals surface area contributed by atoms with E-state index in [0.29, 0.717) is 12.0 Å². The zero-order chi connectivity index (χ0) is 14.4. The molecule has 2 rings (SSSR count). The van der Waals surface area contributed by atoms with Gasteiger partial charge < -0.3 is 10.4 Å². The molecular formula is C14H18N4O2. The molecule has 6 heteroatoms. The lowest BCUT2D eigenvalue weighted by Gasteiger charge is -2.15. The molecule has 1 aromatic heterocycles. The Hall–Kier alpha value is -2.21. The first-order valence-electron chi connectivity index (χ1n) is 6.61. The highest BCUT2D eigenvalue weighted by Crippen LogP contribution is 2.09. The predicted octanol–water partition coefficient (Wildman–Crippen LogP) is 1.16. The average Bonchev–Trinajstić information content (AvgIpc) is 3.01. The van der Waals surface area contributed by atoms with E-state index in [-0.39, 0.29) is 18.6 Å². The minimum Gasteiger partial charge on any atom is -0.396 e. The fourth-order valence-corrected chi connectivity index (χ4v) is 1.91. The second kappa shape index (κ2) is 6.81. The van der Waals surface area contributed by atoms with Crippen LogP contribution in [0, 0.1) is 0 Å². The maximum Gasteiger partial charge on any atom is 0.251 e. The Kier molecular flexibility index (Phi) is 4.84. The second-order valence-electron chi connectivity index (χ2n) is 4.48. The molecule has 0 saturated carbocycles. The fraction of sp³-hybridized carbons (Fsp3) is 0.357. The SMILES string of the molecule is CCC(CCO)NC(=O)c1ccc(-n2cncn2)cc1. The number of nitrogens with zero attached hydrogens (tertiary/aromatic N) is 3. The first kappa shape index (κ1) is 14.2. The summed E-state index contributed by atoms with van der Waals surface area (Å²) in [4.78, 5) is 15.9. The maximum absolute atomic E-state index is 12.1. The summed E-state index contributed by atoms with van der Waals surface area (Å²) in [5, 5.41) is 15.9. The maximum atomic E-state index is 12.1. The van der Waals surface area contributed by atoms with Crippen LogP contribution in [0.5, 0.6) is 0 Å². The molecular weight excluding hydrogens is 256 g/mol. The van der Waals surface area contributed by atoms with Crippen molar-refractivity contribution in [3.8, 4) is 5.69 Å². The molecule has 20 heavy (non-hydrogen) atoms. The molecule has 0 aliphatic heterocycles. The first-order chi connectivity index (χ1) is 9.74. The van der Waals surface area contributed by atoms with E-state index in [9.17, 15) is 4.79 Å². The van der Waals surface area contributed by atoms with Crippen molar-refractivity contribution in [3.05, 3.63) is 42.5 Å². The van der Waals surface area contributed by atoms with Gasteiger partial charge >= 0.3 is 0 Å². The summed E-state index contributed by atoms with van der Waals surface area (Å²) < 4.78 is 1.63. The van der Waals surface area contributed by atoms with E-state index in [1.54, 1.807) is 23.1 Å². The van der Waals surface area contributed by atoms with Crippen LogP contribution in [-0.2, 0) is 0 Å². The molecule has 106 valence electrons. The molecule has 0 saturated heterocycles. The van der Waals surface area contributed by atoms with E-state index in [4.69, 9.17) is 5.11 Å². The van der Waals surface area contributed by atoms with Gasteiger partial charge in [-0.25, -0.2) is 9.67 Å². The first-order valence-corrected chi connectivity index (χ1v) is 6.61. The van der Waals surface area contributed by atoms with Crippen molar-refractivity contribution in [1.29, 1.82) is 0 Å². The van der Waals surface area contributed by atoms with Gasteiger partial charge in [0.2, 0.25) is 0 Å². The number of aliphatic hydroxyl groups excluding tert-OH is 1. The lowest BCUT2D eigenvalue weighted by Crippen LogP contribution is -2.35. The Morgan fingerprint density at radius 3 is 2.70 bits per heavy atom. The van der Waals surface area contributed by atoms with Crippen LogP contribution >= 0.6 is 0 Å². The molecule has 0 aliphatic carbocycles. The van der Waals surface area contributed by atoms with E-state index in [1.807, 2.05) is 19.1 Å². The van der Waals surface area contributed by atoms with Crippen LogP contribution in [0.3, 0.4) is 0 Å². The summed E-state index contributed by atoms with van der Waals surface area (Å²) in [6.45, 7) is 2.05. The Morgan fingerprint density at radius 2 is 2.15 bits per heavy atom. The third-order valence-corrected chi connectivity index (χ3v) is 3.12. The molecule has 2 aromatic rings. The van der Waals surface area contributed by atoms with Gasteiger partial charge in [0, 0.05) is 18.2 Å². The zero-order valence-electron chi connectivity index (χ0n) is 11.4. The quantitative estimate of drug-likeness (QED) is 0.828. The van der Waals surface area contributed by atoms with Crippen molar-refractivity contribution in [2.45, 2.75) is 25.8 Å². The molecule has 1 amide bonds. The van der Waals surface area contributed by atoms with E-state index in [0.717, 1.165) is 12.1 Å². The number of carbonyl (C=O) groups is 1. The number of aliphatic hydroxyl groups is 1. The average molecular weight is 274 g/mol. The van der Waals surface area contributed by atoms with Crippen LogP contribution in [0.2, 0.25) is 0 Å². The molecule has 1 unspecified atom stereocenters. The molecule has 1 atom stereocenters. The van der Waals surface area contributed by atoms with Crippen molar-refractivity contribution in [1.82, 2.24) is 20.1 Å². The third-order valence-electron chi connectivity index (χ3n) is 3.12. The summed E-state index contributed by atoms with van der Waals surface area (Å²) in [5.74, 6) is -0.129. The molecule has 0 bridgehead atoms. The Bertz CT molecular complexity index is 537. The predicted molar refractivity (Wildman–Crippen MR) is 74.6 cm³/mol. The van der Waals surface area contributed by atoms with Crippen molar-refractivity contribution >= 4 is 5.91 Å². The van der Waals surface area contributed by atoms with Gasteiger partial charge in [0.1, 0.15) is 12.7 Å². The lowest BCUT2D eigenvalue weighted by atomic mass is 10.1. The lowest BCUT2D eigenvalue weighted by molar-refractivity contribution is 0.0929. The summed E-state index contributed by atoms with van der Waals surface area (Å²) in [6, 6.07) is 7.13. The largest absolute Gasteiger partial charge is 0.396 e. The summed E-state index contributed by atoms with van der Waals surface area (Å²) >= 11 is 0. The van der Waals surface area contributed by atoms with E-state index in [2.05, 4.69) is 15.4 Å². The minimum atomic E-state index is -0.129. The van der Waals surface area contributed by atoms with Gasteiger partial charge in [0.05, 0.1) is 5.69 Å². The van der Waals surface area contributed by atoms with Crippen molar-refractivity contribution in [3.63, 3.8) is 0 Å². The van der Waals surface area contributed by atoms with Gasteiger partial charge in [-0.1, -0.05) is 6.92 Å². The number of amides is 1. The third kappa shape index (κ3) is 3.42. The monoisotopic (exact) mass is 274 g/mol. The van der Waals surface area contributed by atoms with Crippen LogP contribution in [0.15, 0.2) is 36.9 Å². The Morgan fingerprint density at radius 1 is 1.40 bits per heavy atom. The van der Waals surface area contributed by atoms with Crippen LogP contribution in [0.1, 0.15) is 30.1 Å². The standard InChI is InChI=1S/C14H18N4O2/c1-2-12(7-8-19)17-14(20)11-3-5-13(6-4-11)18-10-15-9-16-18/h3-6,9-10,12,19H,2,7-8H2,1H3,(H,17,20). The number of hydrogen-bond donors (Lipinski definition) is 2. The van der Waals surface area contributed by atoms with Crippen LogP contribution < -0.4 is 5.32 Å². The van der Waals surface area contributed by atoms with Gasteiger partial charge in [-0.3, -0.25) is 4.79 Å². The van der Waals surface area contributed by atoms with Crippen LogP contribution in [-0.4, -0.2) is 38.4 Å². The van der Waals surface area contributed by atoms with Gasteiger partial charge in [0.15, 0.2) is 0 Å². The molecule has 6 nitrogen and oxygen atoms in total. The summed E-state index contributed by atoms with van der Waals surface area (Å²) in [7, 11) is 0. The molecule has 0 radical (unpaired) electrons. The Balaban J connectivity index is 2.04. The van der Waals surface area contributed by atoms with Crippen molar-refractivity contribution < 1.29 is 9.90 Å². The van der Waals surface area contributed by atoms with E-state index < -0.39 is 0 Å². The molecule has 0 spiro atoms. The highest BCUT2D eigenvalue weighted by molar-refractivity contribution is 5.94. The van der Waals surface area contributed by atoms with E-state index in [1.165, 1.54) is 6.33 Å². The molecule has 0 fully saturated rings. The van der Waals surface area contributed by atoms with Crippen molar-refractivity contribution in [2.24, 2.45) is 0 Å². The smallest absolute Gasteiger partial charge is 0.251 e. The number of aromatic nitrogens is 3. The Labute approximate surface area is 117 Å². The number of carbonyl (C=O) groups excluding carboxylic acids is 1. The summed E-state index contributed by atoms with van der Waals surface area (Å²) in [5.41, 5.74) is 1.44. The number of hydrogen-bond acceptors (Lipinski definition) is 4. The van der Waals surface area contributed by atoms with Crippen LogP contribution in [0.4, 0.5) is 0 Å². The highest BCUT2D eigenvalue weighted by Gasteiger charge is 2.11. The van der Waals surface area contributed by atoms with Crippen molar-refractivity contribution in [2.75, 3.05) is 6.61 Å². The minimum absolute atomic E-state index is 0.00231. The number of rotatable bonds is 6. The van der Waals surface area contributed by atoms with Crippen LogP contribution in [0.25, 0.3) is 5.69 Å². The molecule has 1 aromatic carbocycles. The fourth-order valence-electron chi connectivity index (χ4n) is 1.91. The number of benzene rings is 1. The zero-order valence-corrected chi connectivity index (χ0v) is 11.4. The van der Waals surface area contributed by atoms with Gasteiger partial charge in [-0.2, -0.15) is 5.10 Å².